The van der Waals surface area contributed by atoms with Gasteiger partial charge in [-0.25, -0.2) is 4.98 Å². The summed E-state index contributed by atoms with van der Waals surface area (Å²) in [4.78, 5) is 17.7. The fraction of sp³-hybridized carbons (Fsp3) is 0.286. The first-order valence-corrected chi connectivity index (χ1v) is 6.22. The summed E-state index contributed by atoms with van der Waals surface area (Å²) in [5, 5.41) is 0. The van der Waals surface area contributed by atoms with Gasteiger partial charge in [0.25, 0.3) is 0 Å². The number of rotatable bonds is 2. The van der Waals surface area contributed by atoms with Crippen LogP contribution in [0.3, 0.4) is 0 Å². The van der Waals surface area contributed by atoms with Crippen LogP contribution in [-0.2, 0) is 24.8 Å². The maximum atomic E-state index is 11.7. The van der Waals surface area contributed by atoms with Gasteiger partial charge in [-0.2, -0.15) is 0 Å². The predicted molar refractivity (Wildman–Crippen MR) is 73.6 cm³/mol. The van der Waals surface area contributed by atoms with Gasteiger partial charge in [-0.15, -0.1) is 0 Å². The van der Waals surface area contributed by atoms with Gasteiger partial charge in [0.05, 0.1) is 24.1 Å². The Balaban J connectivity index is 2.11. The zero-order chi connectivity index (χ0) is 13.6. The molecule has 0 fully saturated rings. The van der Waals surface area contributed by atoms with Crippen molar-refractivity contribution in [1.29, 1.82) is 0 Å². The van der Waals surface area contributed by atoms with E-state index in [2.05, 4.69) is 11.1 Å². The molecule has 0 atom stereocenters. The number of carbonyl (C=O) groups is 1. The number of hydrogen-bond acceptors (Lipinski definition) is 3. The molecule has 5 nitrogen and oxygen atoms in total. The summed E-state index contributed by atoms with van der Waals surface area (Å²) in [7, 11) is 3.76. The van der Waals surface area contributed by atoms with E-state index in [0.29, 0.717) is 13.0 Å². The monoisotopic (exact) mass is 256 g/mol. The fourth-order valence-corrected chi connectivity index (χ4v) is 2.62. The lowest BCUT2D eigenvalue weighted by Crippen LogP contribution is -2.20. The predicted octanol–water partition coefficient (Wildman–Crippen LogP) is 1.06. The minimum Gasteiger partial charge on any atom is -0.333 e. The minimum absolute atomic E-state index is 0.135. The average molecular weight is 256 g/mol. The van der Waals surface area contributed by atoms with Crippen LogP contribution < -0.4 is 10.6 Å². The van der Waals surface area contributed by atoms with Crippen molar-refractivity contribution in [2.75, 3.05) is 11.9 Å². The first kappa shape index (κ1) is 11.9. The van der Waals surface area contributed by atoms with Gasteiger partial charge in [-0.1, -0.05) is 6.07 Å². The molecule has 1 aromatic carbocycles. The molecule has 0 saturated carbocycles. The summed E-state index contributed by atoms with van der Waals surface area (Å²) < 4.78 is 1.96. The molecule has 3 rings (SSSR count). The van der Waals surface area contributed by atoms with Crippen molar-refractivity contribution in [3.63, 3.8) is 0 Å². The van der Waals surface area contributed by atoms with Crippen molar-refractivity contribution < 1.29 is 4.79 Å². The Morgan fingerprint density at radius 1 is 1.37 bits per heavy atom. The van der Waals surface area contributed by atoms with Crippen molar-refractivity contribution in [2.24, 2.45) is 12.8 Å². The van der Waals surface area contributed by atoms with Gasteiger partial charge in [-0.05, 0) is 17.7 Å². The maximum Gasteiger partial charge on any atom is 0.231 e. The van der Waals surface area contributed by atoms with E-state index in [4.69, 9.17) is 5.73 Å². The summed E-state index contributed by atoms with van der Waals surface area (Å²) in [5.74, 6) is 0.135. The van der Waals surface area contributed by atoms with E-state index < -0.39 is 0 Å². The second kappa shape index (κ2) is 4.20. The van der Waals surface area contributed by atoms with Crippen LogP contribution in [0.15, 0.2) is 24.5 Å². The molecule has 0 spiro atoms. The smallest absolute Gasteiger partial charge is 0.231 e. The van der Waals surface area contributed by atoms with Crippen LogP contribution in [-0.4, -0.2) is 22.5 Å². The quantitative estimate of drug-likeness (QED) is 0.874. The lowest BCUT2D eigenvalue weighted by molar-refractivity contribution is -0.117. The molecule has 2 heterocycles. The van der Waals surface area contributed by atoms with Gasteiger partial charge in [0.15, 0.2) is 0 Å². The van der Waals surface area contributed by atoms with Gasteiger partial charge >= 0.3 is 0 Å². The van der Waals surface area contributed by atoms with E-state index in [-0.39, 0.29) is 5.91 Å². The maximum absolute atomic E-state index is 11.7. The summed E-state index contributed by atoms with van der Waals surface area (Å²) >= 11 is 0. The molecule has 0 unspecified atom stereocenters. The molecule has 1 amide bonds. The molecule has 0 radical (unpaired) electrons. The molecule has 0 saturated heterocycles. The second-order valence-electron chi connectivity index (χ2n) is 4.83. The number of fused-ring (bicyclic) bond motifs is 1. The zero-order valence-corrected chi connectivity index (χ0v) is 11.1. The van der Waals surface area contributed by atoms with Crippen molar-refractivity contribution in [3.8, 4) is 11.3 Å². The van der Waals surface area contributed by atoms with Gasteiger partial charge in [0.2, 0.25) is 5.91 Å². The van der Waals surface area contributed by atoms with Crippen LogP contribution in [0.5, 0.6) is 0 Å². The summed E-state index contributed by atoms with van der Waals surface area (Å²) in [6, 6.07) is 6.07. The molecule has 19 heavy (non-hydrogen) atoms. The number of carbonyl (C=O) groups excluding carboxylic acids is 1. The Hall–Kier alpha value is -2.14. The first-order chi connectivity index (χ1) is 9.11. The van der Waals surface area contributed by atoms with Crippen LogP contribution in [0.1, 0.15) is 11.3 Å². The fourth-order valence-electron chi connectivity index (χ4n) is 2.62. The van der Waals surface area contributed by atoms with E-state index in [0.717, 1.165) is 28.2 Å². The molecule has 2 aromatic rings. The van der Waals surface area contributed by atoms with Gasteiger partial charge in [-0.3, -0.25) is 4.79 Å². The number of imidazole rings is 1. The highest BCUT2D eigenvalue weighted by molar-refractivity contribution is 6.01. The number of hydrogen-bond donors (Lipinski definition) is 1. The van der Waals surface area contributed by atoms with Crippen LogP contribution in [0, 0.1) is 0 Å². The number of nitrogens with two attached hydrogens (primary N) is 1. The largest absolute Gasteiger partial charge is 0.333 e. The zero-order valence-electron chi connectivity index (χ0n) is 11.1. The van der Waals surface area contributed by atoms with Crippen molar-refractivity contribution in [3.05, 3.63) is 35.8 Å². The topological polar surface area (TPSA) is 64.2 Å². The van der Waals surface area contributed by atoms with E-state index >= 15 is 0 Å². The summed E-state index contributed by atoms with van der Waals surface area (Å²) in [6.45, 7) is 0.409. The highest BCUT2D eigenvalue weighted by Crippen LogP contribution is 2.32. The molecule has 2 N–H and O–H groups in total. The minimum atomic E-state index is 0.135. The molecule has 98 valence electrons. The second-order valence-corrected chi connectivity index (χ2v) is 4.83. The summed E-state index contributed by atoms with van der Waals surface area (Å²) in [6.07, 6.45) is 2.23. The van der Waals surface area contributed by atoms with Crippen LogP contribution in [0.2, 0.25) is 0 Å². The Bertz CT molecular complexity index is 659. The van der Waals surface area contributed by atoms with Crippen LogP contribution in [0.25, 0.3) is 11.3 Å². The molecule has 1 aliphatic rings. The lowest BCUT2D eigenvalue weighted by Gasteiger charge is -2.11. The third kappa shape index (κ3) is 1.74. The van der Waals surface area contributed by atoms with Crippen molar-refractivity contribution >= 4 is 11.6 Å². The number of aryl methyl sites for hydroxylation is 1. The van der Waals surface area contributed by atoms with E-state index in [1.807, 2.05) is 30.8 Å². The molecule has 0 aliphatic carbocycles. The Morgan fingerprint density at radius 3 is 2.89 bits per heavy atom. The third-order valence-electron chi connectivity index (χ3n) is 3.64. The highest BCUT2D eigenvalue weighted by atomic mass is 16.2. The lowest BCUT2D eigenvalue weighted by atomic mass is 10.0. The average Bonchev–Trinajstić information content (AvgIpc) is 2.90. The van der Waals surface area contributed by atoms with E-state index in [1.165, 1.54) is 0 Å². The molecule has 0 bridgehead atoms. The molecular formula is C14H16N4O. The van der Waals surface area contributed by atoms with Gasteiger partial charge in [0.1, 0.15) is 0 Å². The number of aromatic nitrogens is 2. The number of nitrogens with zero attached hydrogens (tertiary/aromatic N) is 3. The Kier molecular flexibility index (Phi) is 2.64. The van der Waals surface area contributed by atoms with Crippen molar-refractivity contribution in [2.45, 2.75) is 13.0 Å². The van der Waals surface area contributed by atoms with Crippen molar-refractivity contribution in [1.82, 2.24) is 9.55 Å². The number of amides is 1. The molecule has 1 aromatic heterocycles. The standard InChI is InChI=1S/C14H16N4O/c1-17-8-16-11(7-15)14(17)9-3-4-12-10(5-9)6-13(19)18(12)2/h3-5,8H,6-7,15H2,1-2H3. The molecular weight excluding hydrogens is 240 g/mol. The molecule has 5 heteroatoms. The van der Waals surface area contributed by atoms with E-state index in [9.17, 15) is 4.79 Å². The number of anilines is 1. The molecule has 1 aliphatic heterocycles. The summed E-state index contributed by atoms with van der Waals surface area (Å²) in [5.41, 5.74) is 10.7. The Morgan fingerprint density at radius 2 is 2.16 bits per heavy atom. The first-order valence-electron chi connectivity index (χ1n) is 6.22. The SMILES string of the molecule is CN1C(=O)Cc2cc(-c3c(CN)ncn3C)ccc21. The highest BCUT2D eigenvalue weighted by Gasteiger charge is 2.24. The normalized spacial score (nSPS) is 14.1. The van der Waals surface area contributed by atoms with E-state index in [1.54, 1.807) is 11.2 Å². The third-order valence-corrected chi connectivity index (χ3v) is 3.64. The Labute approximate surface area is 111 Å². The van der Waals surface area contributed by atoms with Gasteiger partial charge < -0.3 is 15.2 Å². The number of likely N-dealkylation sites (N-methyl/N-ethyl adjacent to an activating group) is 1. The number of benzene rings is 1. The van der Waals surface area contributed by atoms with Gasteiger partial charge in [0, 0.05) is 31.9 Å². The van der Waals surface area contributed by atoms with Crippen LogP contribution >= 0.6 is 0 Å². The van der Waals surface area contributed by atoms with Crippen LogP contribution in [0.4, 0.5) is 5.69 Å².